The first-order chi connectivity index (χ1) is 9.38. The van der Waals surface area contributed by atoms with E-state index in [9.17, 15) is 0 Å². The standard InChI is InChI=1S/C14H14N4S.CH4/c1-6-18(7-1)9-10-2-3-12-11(8-10)17-13-14(19-12)16-5-4-15-13;/h2-5,8H,1,6-7,9H2,(H,15,17);1H4. The second-order valence-corrected chi connectivity index (χ2v) is 5.93. The van der Waals surface area contributed by atoms with Crippen LogP contribution in [-0.2, 0) is 6.54 Å². The zero-order valence-electron chi connectivity index (χ0n) is 10.5. The number of nitrogens with zero attached hydrogens (tertiary/aromatic N) is 3. The van der Waals surface area contributed by atoms with Crippen molar-refractivity contribution in [3.63, 3.8) is 0 Å². The van der Waals surface area contributed by atoms with Crippen LogP contribution in [0.5, 0.6) is 0 Å². The SMILES string of the molecule is C.c1cnc2c(n1)Nc1cc(CN3CCC3)ccc1S2. The van der Waals surface area contributed by atoms with Gasteiger partial charge in [-0.2, -0.15) is 0 Å². The van der Waals surface area contributed by atoms with Gasteiger partial charge in [0.1, 0.15) is 5.03 Å². The summed E-state index contributed by atoms with van der Waals surface area (Å²) in [7, 11) is 0. The lowest BCUT2D eigenvalue weighted by molar-refractivity contribution is 0.172. The number of likely N-dealkylation sites (tertiary alicyclic amines) is 1. The molecule has 0 atom stereocenters. The van der Waals surface area contributed by atoms with Gasteiger partial charge in [0.15, 0.2) is 5.82 Å². The average molecular weight is 286 g/mol. The average Bonchev–Trinajstić information content (AvgIpc) is 2.40. The molecule has 0 radical (unpaired) electrons. The molecule has 1 fully saturated rings. The molecule has 0 aliphatic carbocycles. The van der Waals surface area contributed by atoms with Crippen LogP contribution in [-0.4, -0.2) is 28.0 Å². The Morgan fingerprint density at radius 2 is 2.05 bits per heavy atom. The Morgan fingerprint density at radius 1 is 1.20 bits per heavy atom. The van der Waals surface area contributed by atoms with Gasteiger partial charge in [-0.25, -0.2) is 9.97 Å². The third-order valence-corrected chi connectivity index (χ3v) is 4.59. The number of fused-ring (bicyclic) bond motifs is 2. The van der Waals surface area contributed by atoms with Crippen LogP contribution in [0.15, 0.2) is 40.5 Å². The van der Waals surface area contributed by atoms with Gasteiger partial charge >= 0.3 is 0 Å². The van der Waals surface area contributed by atoms with Gasteiger partial charge in [0.25, 0.3) is 0 Å². The predicted molar refractivity (Wildman–Crippen MR) is 82.5 cm³/mol. The fourth-order valence-corrected chi connectivity index (χ4v) is 3.26. The molecule has 1 N–H and O–H groups in total. The lowest BCUT2D eigenvalue weighted by Crippen LogP contribution is -2.36. The molecule has 2 aliphatic rings. The van der Waals surface area contributed by atoms with E-state index in [1.54, 1.807) is 24.2 Å². The van der Waals surface area contributed by atoms with Crippen molar-refractivity contribution in [2.24, 2.45) is 0 Å². The Hall–Kier alpha value is -1.59. The van der Waals surface area contributed by atoms with Gasteiger partial charge < -0.3 is 5.32 Å². The van der Waals surface area contributed by atoms with E-state index in [0.29, 0.717) is 0 Å². The molecule has 3 heterocycles. The second-order valence-electron chi connectivity index (χ2n) is 4.90. The lowest BCUT2D eigenvalue weighted by Gasteiger charge is -2.31. The number of rotatable bonds is 2. The summed E-state index contributed by atoms with van der Waals surface area (Å²) in [5.74, 6) is 0.862. The van der Waals surface area contributed by atoms with Gasteiger partial charge in [-0.05, 0) is 37.2 Å². The van der Waals surface area contributed by atoms with Crippen LogP contribution in [0, 0.1) is 0 Å². The number of hydrogen-bond acceptors (Lipinski definition) is 5. The third-order valence-electron chi connectivity index (χ3n) is 3.52. The Labute approximate surface area is 123 Å². The topological polar surface area (TPSA) is 41.1 Å². The van der Waals surface area contributed by atoms with E-state index in [0.717, 1.165) is 23.1 Å². The summed E-state index contributed by atoms with van der Waals surface area (Å²) >= 11 is 1.68. The van der Waals surface area contributed by atoms with E-state index in [-0.39, 0.29) is 7.43 Å². The molecule has 1 aromatic heterocycles. The van der Waals surface area contributed by atoms with Crippen molar-refractivity contribution < 1.29 is 0 Å². The summed E-state index contributed by atoms with van der Waals surface area (Å²) in [4.78, 5) is 12.4. The molecule has 0 unspecified atom stereocenters. The van der Waals surface area contributed by atoms with Crippen molar-refractivity contribution in [3.8, 4) is 0 Å². The molecule has 5 heteroatoms. The van der Waals surface area contributed by atoms with Gasteiger partial charge in [-0.15, -0.1) is 0 Å². The smallest absolute Gasteiger partial charge is 0.163 e. The largest absolute Gasteiger partial charge is 0.337 e. The summed E-state index contributed by atoms with van der Waals surface area (Å²) in [6.45, 7) is 3.51. The number of benzene rings is 1. The molecule has 0 spiro atoms. The number of aromatic nitrogens is 2. The first-order valence-electron chi connectivity index (χ1n) is 6.50. The maximum atomic E-state index is 4.34. The predicted octanol–water partition coefficient (Wildman–Crippen LogP) is 3.53. The molecule has 1 saturated heterocycles. The number of nitrogens with one attached hydrogen (secondary N) is 1. The third kappa shape index (κ3) is 2.39. The molecule has 1 aromatic carbocycles. The van der Waals surface area contributed by atoms with E-state index in [4.69, 9.17) is 0 Å². The Morgan fingerprint density at radius 3 is 2.85 bits per heavy atom. The van der Waals surface area contributed by atoms with Crippen LogP contribution in [0.4, 0.5) is 11.5 Å². The Bertz CT molecular complexity index is 625. The minimum atomic E-state index is 0. The highest BCUT2D eigenvalue weighted by Crippen LogP contribution is 2.42. The minimum absolute atomic E-state index is 0. The van der Waals surface area contributed by atoms with E-state index >= 15 is 0 Å². The maximum Gasteiger partial charge on any atom is 0.163 e. The normalized spacial score (nSPS) is 16.2. The van der Waals surface area contributed by atoms with Crippen molar-refractivity contribution in [2.75, 3.05) is 18.4 Å². The van der Waals surface area contributed by atoms with E-state index in [1.807, 2.05) is 0 Å². The monoisotopic (exact) mass is 286 g/mol. The summed E-state index contributed by atoms with van der Waals surface area (Å²) in [6, 6.07) is 6.63. The highest BCUT2D eigenvalue weighted by molar-refractivity contribution is 7.99. The second kappa shape index (κ2) is 5.42. The van der Waals surface area contributed by atoms with Crippen molar-refractivity contribution in [1.29, 1.82) is 0 Å². The maximum absolute atomic E-state index is 4.34. The fraction of sp³-hybridized carbons (Fsp3) is 0.333. The number of anilines is 2. The van der Waals surface area contributed by atoms with Crippen molar-refractivity contribution in [3.05, 3.63) is 36.2 Å². The molecular formula is C15H18N4S. The summed E-state index contributed by atoms with van der Waals surface area (Å²) in [5.41, 5.74) is 2.51. The van der Waals surface area contributed by atoms with Crippen LogP contribution >= 0.6 is 11.8 Å². The molecule has 4 nitrogen and oxygen atoms in total. The van der Waals surface area contributed by atoms with Crippen LogP contribution in [0.2, 0.25) is 0 Å². The minimum Gasteiger partial charge on any atom is -0.337 e. The van der Waals surface area contributed by atoms with Gasteiger partial charge in [-0.3, -0.25) is 4.90 Å². The van der Waals surface area contributed by atoms with Gasteiger partial charge in [0.2, 0.25) is 0 Å². The van der Waals surface area contributed by atoms with E-state index < -0.39 is 0 Å². The number of hydrogen-bond donors (Lipinski definition) is 1. The van der Waals surface area contributed by atoms with Gasteiger partial charge in [0, 0.05) is 23.8 Å². The van der Waals surface area contributed by atoms with Crippen molar-refractivity contribution >= 4 is 23.3 Å². The molecule has 0 saturated carbocycles. The molecule has 2 aromatic rings. The van der Waals surface area contributed by atoms with Crippen molar-refractivity contribution in [2.45, 2.75) is 30.3 Å². The molecule has 20 heavy (non-hydrogen) atoms. The van der Waals surface area contributed by atoms with Crippen LogP contribution in [0.25, 0.3) is 0 Å². The van der Waals surface area contributed by atoms with Crippen LogP contribution in [0.1, 0.15) is 19.4 Å². The van der Waals surface area contributed by atoms with Crippen molar-refractivity contribution in [1.82, 2.24) is 14.9 Å². The zero-order chi connectivity index (χ0) is 12.7. The molecule has 4 rings (SSSR count). The quantitative estimate of drug-likeness (QED) is 0.780. The first kappa shape index (κ1) is 13.4. The fourth-order valence-electron chi connectivity index (χ4n) is 2.38. The Balaban J connectivity index is 0.00000121. The molecule has 104 valence electrons. The Kier molecular flexibility index (Phi) is 3.63. The zero-order valence-corrected chi connectivity index (χ0v) is 11.3. The molecule has 0 amide bonds. The van der Waals surface area contributed by atoms with Crippen LogP contribution < -0.4 is 5.32 Å². The van der Waals surface area contributed by atoms with E-state index in [2.05, 4.69) is 38.4 Å². The molecule has 2 aliphatic heterocycles. The van der Waals surface area contributed by atoms with E-state index in [1.165, 1.54) is 30.0 Å². The first-order valence-corrected chi connectivity index (χ1v) is 7.31. The highest BCUT2D eigenvalue weighted by Gasteiger charge is 2.19. The summed E-state index contributed by atoms with van der Waals surface area (Å²) < 4.78 is 0. The van der Waals surface area contributed by atoms with Crippen LogP contribution in [0.3, 0.4) is 0 Å². The lowest BCUT2D eigenvalue weighted by atomic mass is 10.1. The molecule has 0 bridgehead atoms. The summed E-state index contributed by atoms with van der Waals surface area (Å²) in [6.07, 6.45) is 4.79. The molecular weight excluding hydrogens is 268 g/mol. The van der Waals surface area contributed by atoms with Gasteiger partial charge in [-0.1, -0.05) is 25.3 Å². The van der Waals surface area contributed by atoms with Gasteiger partial charge in [0.05, 0.1) is 5.69 Å². The highest BCUT2D eigenvalue weighted by atomic mass is 32.2. The summed E-state index contributed by atoms with van der Waals surface area (Å²) in [5, 5.41) is 4.33.